The smallest absolute Gasteiger partial charge is 0.326 e. The maximum atomic E-state index is 13.0. The lowest BCUT2D eigenvalue weighted by Gasteiger charge is -2.27. The van der Waals surface area contributed by atoms with Crippen LogP contribution in [0.3, 0.4) is 0 Å². The lowest BCUT2D eigenvalue weighted by Crippen LogP contribution is -2.58. The van der Waals surface area contributed by atoms with Crippen molar-refractivity contribution in [3.8, 4) is 0 Å². The average Bonchev–Trinajstić information content (AvgIpc) is 2.76. The maximum absolute atomic E-state index is 13.0. The van der Waals surface area contributed by atoms with E-state index in [9.17, 15) is 24.3 Å². The van der Waals surface area contributed by atoms with Crippen molar-refractivity contribution in [1.29, 1.82) is 0 Å². The van der Waals surface area contributed by atoms with Crippen molar-refractivity contribution in [2.45, 2.75) is 70.1 Å². The number of nitrogens with one attached hydrogen (secondary N) is 3. The Hall–Kier alpha value is -1.50. The SMILES string of the molecule is CSCCC(N)C(=O)NC(CCSC)C(=O)NC(C(=O)NC(CCCCN)C(=O)O)C(C)C. The normalized spacial score (nSPS) is 14.8. The summed E-state index contributed by atoms with van der Waals surface area (Å²) in [5, 5.41) is 17.3. The van der Waals surface area contributed by atoms with Crippen LogP contribution in [0, 0.1) is 5.92 Å². The van der Waals surface area contributed by atoms with E-state index < -0.39 is 47.9 Å². The van der Waals surface area contributed by atoms with Crippen LogP contribution < -0.4 is 27.4 Å². The highest BCUT2D eigenvalue weighted by atomic mass is 32.2. The van der Waals surface area contributed by atoms with Crippen molar-refractivity contribution < 1.29 is 24.3 Å². The molecule has 0 rings (SSSR count). The van der Waals surface area contributed by atoms with Gasteiger partial charge in [-0.3, -0.25) is 14.4 Å². The van der Waals surface area contributed by atoms with Crippen LogP contribution in [0.25, 0.3) is 0 Å². The average molecular weight is 508 g/mol. The number of hydrogen-bond acceptors (Lipinski definition) is 8. The lowest BCUT2D eigenvalue weighted by atomic mass is 10.0. The third-order valence-corrected chi connectivity index (χ3v) is 6.31. The molecule has 8 N–H and O–H groups in total. The summed E-state index contributed by atoms with van der Waals surface area (Å²) in [5.74, 6) is -1.59. The molecule has 192 valence electrons. The molecule has 0 aromatic heterocycles. The molecule has 0 bridgehead atoms. The molecule has 0 radical (unpaired) electrons. The zero-order chi connectivity index (χ0) is 25.4. The number of carboxylic acid groups (broad SMARTS) is 1. The number of rotatable bonds is 18. The molecule has 4 unspecified atom stereocenters. The van der Waals surface area contributed by atoms with Gasteiger partial charge in [-0.2, -0.15) is 23.5 Å². The Kier molecular flexibility index (Phi) is 17.1. The van der Waals surface area contributed by atoms with E-state index in [0.29, 0.717) is 38.0 Å². The molecule has 0 aromatic rings. The minimum Gasteiger partial charge on any atom is -0.480 e. The number of carbonyl (C=O) groups excluding carboxylic acids is 3. The van der Waals surface area contributed by atoms with Crippen molar-refractivity contribution >= 4 is 47.2 Å². The number of nitrogens with two attached hydrogens (primary N) is 2. The fourth-order valence-corrected chi connectivity index (χ4v) is 3.92. The van der Waals surface area contributed by atoms with Gasteiger partial charge in [0.15, 0.2) is 0 Å². The molecular formula is C21H41N5O5S2. The highest BCUT2D eigenvalue weighted by Gasteiger charge is 2.31. The van der Waals surface area contributed by atoms with Crippen LogP contribution in [0.1, 0.15) is 46.0 Å². The topological polar surface area (TPSA) is 177 Å². The Morgan fingerprint density at radius 3 is 1.91 bits per heavy atom. The summed E-state index contributed by atoms with van der Waals surface area (Å²) < 4.78 is 0. The van der Waals surface area contributed by atoms with E-state index in [1.165, 1.54) is 11.8 Å². The van der Waals surface area contributed by atoms with Crippen molar-refractivity contribution in [2.24, 2.45) is 17.4 Å². The van der Waals surface area contributed by atoms with Crippen molar-refractivity contribution in [2.75, 3.05) is 30.6 Å². The van der Waals surface area contributed by atoms with Crippen LogP contribution in [0.15, 0.2) is 0 Å². The zero-order valence-corrected chi connectivity index (χ0v) is 21.7. The van der Waals surface area contributed by atoms with Crippen LogP contribution in [-0.2, 0) is 19.2 Å². The maximum Gasteiger partial charge on any atom is 0.326 e. The number of aliphatic carboxylic acids is 1. The van der Waals surface area contributed by atoms with E-state index in [2.05, 4.69) is 16.0 Å². The molecule has 0 spiro atoms. The molecule has 4 atom stereocenters. The number of hydrogen-bond donors (Lipinski definition) is 6. The molecular weight excluding hydrogens is 466 g/mol. The van der Waals surface area contributed by atoms with E-state index in [4.69, 9.17) is 11.5 Å². The van der Waals surface area contributed by atoms with Gasteiger partial charge in [0.1, 0.15) is 18.1 Å². The molecule has 10 nitrogen and oxygen atoms in total. The Bertz CT molecular complexity index is 624. The van der Waals surface area contributed by atoms with E-state index in [1.807, 2.05) is 12.5 Å². The summed E-state index contributed by atoms with van der Waals surface area (Å²) in [7, 11) is 0. The fraction of sp³-hybridized carbons (Fsp3) is 0.810. The van der Waals surface area contributed by atoms with Gasteiger partial charge in [0.2, 0.25) is 17.7 Å². The van der Waals surface area contributed by atoms with Gasteiger partial charge >= 0.3 is 5.97 Å². The summed E-state index contributed by atoms with van der Waals surface area (Å²) in [6.07, 6.45) is 6.13. The van der Waals surface area contributed by atoms with Gasteiger partial charge < -0.3 is 32.5 Å². The van der Waals surface area contributed by atoms with E-state index in [-0.39, 0.29) is 12.3 Å². The summed E-state index contributed by atoms with van der Waals surface area (Å²) in [6, 6.07) is -3.59. The standard InChI is InChI=1S/C21H41N5O5S2/c1-13(2)17(20(29)25-16(21(30)31)7-5-6-10-22)26-19(28)15(9-12-33-4)24-18(27)14(23)8-11-32-3/h13-17H,5-12,22-23H2,1-4H3,(H,24,27)(H,25,29)(H,26,28)(H,30,31). The Morgan fingerprint density at radius 1 is 0.818 bits per heavy atom. The summed E-state index contributed by atoms with van der Waals surface area (Å²) >= 11 is 3.11. The van der Waals surface area contributed by atoms with Crippen LogP contribution in [-0.4, -0.2) is 83.5 Å². The zero-order valence-electron chi connectivity index (χ0n) is 20.1. The van der Waals surface area contributed by atoms with Crippen LogP contribution in [0.5, 0.6) is 0 Å². The first-order chi connectivity index (χ1) is 15.6. The van der Waals surface area contributed by atoms with E-state index in [0.717, 1.165) is 5.75 Å². The highest BCUT2D eigenvalue weighted by molar-refractivity contribution is 7.98. The number of carboxylic acids is 1. The summed E-state index contributed by atoms with van der Waals surface area (Å²) in [6.45, 7) is 3.94. The van der Waals surface area contributed by atoms with E-state index >= 15 is 0 Å². The van der Waals surface area contributed by atoms with Gasteiger partial charge in [-0.1, -0.05) is 13.8 Å². The molecule has 0 aromatic carbocycles. The summed E-state index contributed by atoms with van der Waals surface area (Å²) in [5.41, 5.74) is 11.4. The van der Waals surface area contributed by atoms with Gasteiger partial charge in [0.05, 0.1) is 6.04 Å². The van der Waals surface area contributed by atoms with Crippen molar-refractivity contribution in [3.05, 3.63) is 0 Å². The number of thioether (sulfide) groups is 2. The van der Waals surface area contributed by atoms with E-state index in [1.54, 1.807) is 25.6 Å². The lowest BCUT2D eigenvalue weighted by molar-refractivity contribution is -0.142. The second kappa shape index (κ2) is 17.9. The van der Waals surface area contributed by atoms with Gasteiger partial charge in [0.25, 0.3) is 0 Å². The predicted octanol–water partition coefficient (Wildman–Crippen LogP) is 0.144. The van der Waals surface area contributed by atoms with Gasteiger partial charge in [-0.25, -0.2) is 4.79 Å². The minimum absolute atomic E-state index is 0.247. The first-order valence-electron chi connectivity index (χ1n) is 11.2. The first-order valence-corrected chi connectivity index (χ1v) is 13.9. The molecule has 33 heavy (non-hydrogen) atoms. The highest BCUT2D eigenvalue weighted by Crippen LogP contribution is 2.08. The molecule has 0 aliphatic heterocycles. The molecule has 0 aliphatic rings. The fourth-order valence-electron chi connectivity index (χ4n) is 2.96. The number of amides is 3. The molecule has 0 fully saturated rings. The summed E-state index contributed by atoms with van der Waals surface area (Å²) in [4.78, 5) is 49.8. The minimum atomic E-state index is -1.14. The van der Waals surface area contributed by atoms with Gasteiger partial charge in [-0.15, -0.1) is 0 Å². The largest absolute Gasteiger partial charge is 0.480 e. The van der Waals surface area contributed by atoms with Gasteiger partial charge in [-0.05, 0) is 68.6 Å². The molecule has 0 heterocycles. The van der Waals surface area contributed by atoms with Gasteiger partial charge in [0, 0.05) is 0 Å². The Morgan fingerprint density at radius 2 is 1.39 bits per heavy atom. The number of unbranched alkanes of at least 4 members (excludes halogenated alkanes) is 1. The molecule has 12 heteroatoms. The predicted molar refractivity (Wildman–Crippen MR) is 135 cm³/mol. The third kappa shape index (κ3) is 13.1. The molecule has 0 aliphatic carbocycles. The monoisotopic (exact) mass is 507 g/mol. The molecule has 0 saturated carbocycles. The number of carbonyl (C=O) groups is 4. The second-order valence-electron chi connectivity index (χ2n) is 8.14. The molecule has 0 saturated heterocycles. The Labute approximate surface area is 205 Å². The third-order valence-electron chi connectivity index (χ3n) is 5.02. The van der Waals surface area contributed by atoms with Crippen LogP contribution in [0.2, 0.25) is 0 Å². The Balaban J connectivity index is 5.27. The van der Waals surface area contributed by atoms with Crippen molar-refractivity contribution in [1.82, 2.24) is 16.0 Å². The molecule has 3 amide bonds. The second-order valence-corrected chi connectivity index (χ2v) is 10.1. The first kappa shape index (κ1) is 31.5. The quantitative estimate of drug-likeness (QED) is 0.141. The van der Waals surface area contributed by atoms with Crippen LogP contribution >= 0.6 is 23.5 Å². The van der Waals surface area contributed by atoms with Crippen LogP contribution in [0.4, 0.5) is 0 Å². The van der Waals surface area contributed by atoms with Crippen molar-refractivity contribution in [3.63, 3.8) is 0 Å².